The lowest BCUT2D eigenvalue weighted by Gasteiger charge is -2.21. The third-order valence-electron chi connectivity index (χ3n) is 2.95. The van der Waals surface area contributed by atoms with E-state index in [4.69, 9.17) is 0 Å². The molecule has 1 aliphatic heterocycles. The van der Waals surface area contributed by atoms with E-state index in [0.29, 0.717) is 0 Å². The number of benzene rings is 1. The normalized spacial score (nSPS) is 20.3. The van der Waals surface area contributed by atoms with Crippen LogP contribution < -0.4 is 0 Å². The molecule has 2 nitrogen and oxygen atoms in total. The van der Waals surface area contributed by atoms with Gasteiger partial charge in [-0.25, -0.2) is 0 Å². The van der Waals surface area contributed by atoms with Gasteiger partial charge in [-0.1, -0.05) is 11.6 Å². The van der Waals surface area contributed by atoms with Crippen molar-refractivity contribution in [3.8, 4) is 0 Å². The van der Waals surface area contributed by atoms with Crippen molar-refractivity contribution in [2.75, 3.05) is 0 Å². The highest BCUT2D eigenvalue weighted by Gasteiger charge is 2.18. The molecule has 0 spiro atoms. The average molecular weight is 187 g/mol. The molecule has 1 atom stereocenters. The summed E-state index contributed by atoms with van der Waals surface area (Å²) in [5.74, 6) is 0. The third kappa shape index (κ3) is 1.01. The second kappa shape index (κ2) is 2.61. The van der Waals surface area contributed by atoms with Crippen LogP contribution in [0.1, 0.15) is 11.1 Å². The van der Waals surface area contributed by atoms with Gasteiger partial charge in [0.2, 0.25) is 0 Å². The fourth-order valence-corrected chi connectivity index (χ4v) is 2.46. The number of aryl methyl sites for hydroxylation is 1. The van der Waals surface area contributed by atoms with Crippen molar-refractivity contribution >= 4 is 10.9 Å². The number of rotatable bonds is 0. The molecule has 2 heteroatoms. The van der Waals surface area contributed by atoms with Gasteiger partial charge in [-0.15, -0.1) is 0 Å². The van der Waals surface area contributed by atoms with E-state index in [-0.39, 0.29) is 6.10 Å². The summed E-state index contributed by atoms with van der Waals surface area (Å²) in [4.78, 5) is 0. The standard InChI is InChI=1S/C12H13NO/c1-8-4-9-2-3-13-7-11(14)6-10(5-8)12(9)13/h2-5,11,14H,6-7H2,1H3. The molecule has 14 heavy (non-hydrogen) atoms. The van der Waals surface area contributed by atoms with Crippen LogP contribution in [0, 0.1) is 6.92 Å². The summed E-state index contributed by atoms with van der Waals surface area (Å²) in [7, 11) is 0. The summed E-state index contributed by atoms with van der Waals surface area (Å²) < 4.78 is 2.15. The number of hydrogen-bond donors (Lipinski definition) is 1. The van der Waals surface area contributed by atoms with Crippen LogP contribution >= 0.6 is 0 Å². The summed E-state index contributed by atoms with van der Waals surface area (Å²) in [6, 6.07) is 6.51. The first kappa shape index (κ1) is 8.06. The summed E-state index contributed by atoms with van der Waals surface area (Å²) in [6.45, 7) is 2.84. The van der Waals surface area contributed by atoms with Crippen molar-refractivity contribution < 1.29 is 5.11 Å². The van der Waals surface area contributed by atoms with Crippen LogP contribution in [-0.4, -0.2) is 15.8 Å². The van der Waals surface area contributed by atoms with E-state index in [2.05, 4.69) is 35.9 Å². The maximum atomic E-state index is 9.70. The van der Waals surface area contributed by atoms with Crippen molar-refractivity contribution in [1.82, 2.24) is 4.57 Å². The molecule has 1 aliphatic rings. The van der Waals surface area contributed by atoms with E-state index in [1.165, 1.54) is 22.0 Å². The largest absolute Gasteiger partial charge is 0.391 e. The van der Waals surface area contributed by atoms with E-state index < -0.39 is 0 Å². The fraction of sp³-hybridized carbons (Fsp3) is 0.333. The Morgan fingerprint density at radius 3 is 3.14 bits per heavy atom. The molecular formula is C12H13NO. The zero-order chi connectivity index (χ0) is 9.71. The highest BCUT2D eigenvalue weighted by molar-refractivity contribution is 5.84. The van der Waals surface area contributed by atoms with Gasteiger partial charge in [0.05, 0.1) is 11.6 Å². The third-order valence-corrected chi connectivity index (χ3v) is 2.95. The number of nitrogens with zero attached hydrogens (tertiary/aromatic N) is 1. The van der Waals surface area contributed by atoms with E-state index in [0.717, 1.165) is 13.0 Å². The van der Waals surface area contributed by atoms with Crippen LogP contribution in [0.3, 0.4) is 0 Å². The molecule has 1 aromatic heterocycles. The minimum absolute atomic E-state index is 0.222. The molecule has 0 fully saturated rings. The minimum atomic E-state index is -0.222. The zero-order valence-electron chi connectivity index (χ0n) is 8.20. The first-order chi connectivity index (χ1) is 6.74. The van der Waals surface area contributed by atoms with E-state index in [9.17, 15) is 5.11 Å². The van der Waals surface area contributed by atoms with Crippen LogP contribution in [-0.2, 0) is 13.0 Å². The van der Waals surface area contributed by atoms with E-state index in [1.807, 2.05) is 0 Å². The maximum Gasteiger partial charge on any atom is 0.0760 e. The van der Waals surface area contributed by atoms with Gasteiger partial charge in [-0.05, 0) is 24.6 Å². The number of hydrogen-bond acceptors (Lipinski definition) is 1. The molecule has 1 unspecified atom stereocenters. The van der Waals surface area contributed by atoms with Gasteiger partial charge >= 0.3 is 0 Å². The van der Waals surface area contributed by atoms with Crippen LogP contribution in [0.4, 0.5) is 0 Å². The zero-order valence-corrected chi connectivity index (χ0v) is 8.20. The fourth-order valence-electron chi connectivity index (χ4n) is 2.46. The van der Waals surface area contributed by atoms with Gasteiger partial charge in [0.25, 0.3) is 0 Å². The molecule has 1 aromatic carbocycles. The van der Waals surface area contributed by atoms with Gasteiger partial charge < -0.3 is 9.67 Å². The Hall–Kier alpha value is -1.28. The van der Waals surface area contributed by atoms with Crippen LogP contribution in [0.5, 0.6) is 0 Å². The molecule has 2 heterocycles. The lowest BCUT2D eigenvalue weighted by molar-refractivity contribution is 0.151. The van der Waals surface area contributed by atoms with Crippen molar-refractivity contribution in [3.63, 3.8) is 0 Å². The Balaban J connectivity index is 2.38. The van der Waals surface area contributed by atoms with Gasteiger partial charge in [-0.3, -0.25) is 0 Å². The average Bonchev–Trinajstić information content (AvgIpc) is 2.48. The van der Waals surface area contributed by atoms with E-state index in [1.54, 1.807) is 0 Å². The predicted octanol–water partition coefficient (Wildman–Crippen LogP) is 1.87. The van der Waals surface area contributed by atoms with Crippen LogP contribution in [0.25, 0.3) is 10.9 Å². The van der Waals surface area contributed by atoms with Crippen molar-refractivity contribution in [2.45, 2.75) is 26.0 Å². The highest BCUT2D eigenvalue weighted by atomic mass is 16.3. The van der Waals surface area contributed by atoms with Gasteiger partial charge in [0.1, 0.15) is 0 Å². The van der Waals surface area contributed by atoms with Gasteiger partial charge in [-0.2, -0.15) is 0 Å². The van der Waals surface area contributed by atoms with Crippen LogP contribution in [0.15, 0.2) is 24.4 Å². The second-order valence-electron chi connectivity index (χ2n) is 4.19. The van der Waals surface area contributed by atoms with E-state index >= 15 is 0 Å². The lowest BCUT2D eigenvalue weighted by Crippen LogP contribution is -2.23. The number of aliphatic hydroxyl groups excluding tert-OH is 1. The van der Waals surface area contributed by atoms with Crippen molar-refractivity contribution in [2.24, 2.45) is 0 Å². The minimum Gasteiger partial charge on any atom is -0.391 e. The van der Waals surface area contributed by atoms with Gasteiger partial charge in [0, 0.05) is 24.5 Å². The predicted molar refractivity (Wildman–Crippen MR) is 56.4 cm³/mol. The molecule has 0 bridgehead atoms. The molecule has 0 radical (unpaired) electrons. The first-order valence-corrected chi connectivity index (χ1v) is 5.00. The van der Waals surface area contributed by atoms with Crippen LogP contribution in [0.2, 0.25) is 0 Å². The molecular weight excluding hydrogens is 174 g/mol. The monoisotopic (exact) mass is 187 g/mol. The topological polar surface area (TPSA) is 25.2 Å². The summed E-state index contributed by atoms with van der Waals surface area (Å²) in [5, 5.41) is 11.0. The smallest absolute Gasteiger partial charge is 0.0760 e. The molecule has 0 aliphatic carbocycles. The molecule has 2 aromatic rings. The number of aromatic nitrogens is 1. The summed E-state index contributed by atoms with van der Waals surface area (Å²) in [5.41, 5.74) is 3.86. The Morgan fingerprint density at radius 1 is 1.43 bits per heavy atom. The maximum absolute atomic E-state index is 9.70. The lowest BCUT2D eigenvalue weighted by atomic mass is 9.99. The Kier molecular flexibility index (Phi) is 1.50. The Labute approximate surface area is 82.8 Å². The highest BCUT2D eigenvalue weighted by Crippen LogP contribution is 2.27. The SMILES string of the molecule is Cc1cc2c3c(ccn3CC(O)C2)c1. The van der Waals surface area contributed by atoms with Crippen molar-refractivity contribution in [1.29, 1.82) is 0 Å². The Morgan fingerprint density at radius 2 is 2.29 bits per heavy atom. The summed E-state index contributed by atoms with van der Waals surface area (Å²) >= 11 is 0. The van der Waals surface area contributed by atoms with Gasteiger partial charge in [0.15, 0.2) is 0 Å². The molecule has 1 N–H and O–H groups in total. The summed E-state index contributed by atoms with van der Waals surface area (Å²) in [6.07, 6.45) is 2.64. The molecule has 0 saturated carbocycles. The Bertz CT molecular complexity index is 498. The van der Waals surface area contributed by atoms with Crippen molar-refractivity contribution in [3.05, 3.63) is 35.5 Å². The molecule has 72 valence electrons. The molecule has 0 saturated heterocycles. The molecule has 0 amide bonds. The first-order valence-electron chi connectivity index (χ1n) is 5.00. The quantitative estimate of drug-likeness (QED) is 0.669. The second-order valence-corrected chi connectivity index (χ2v) is 4.19. The molecule has 3 rings (SSSR count). The number of aliphatic hydroxyl groups is 1.